The SMILES string of the molecule is CC(N)C(=O)NC(C)C(=O)N1CCCC1.CCC(=O)NC(C)C(=O)NC(C)C(=O)NC. The van der Waals surface area contributed by atoms with E-state index in [1.807, 2.05) is 0 Å². The van der Waals surface area contributed by atoms with Crippen LogP contribution in [0.4, 0.5) is 0 Å². The standard InChI is InChI=1S/C10H19N3O3.C10H19N3O2/c1-5-8(14)12-7(3)10(16)13-6(2)9(15)11-4;1-7(11)9(14)12-8(2)10(15)13-5-3-4-6-13/h6-7H,5H2,1-4H3,(H,11,15)(H,12,14)(H,13,16);7-8H,3-6,11H2,1-2H3,(H,12,14). The Kier molecular flexibility index (Phi) is 13.1. The lowest BCUT2D eigenvalue weighted by molar-refractivity contribution is -0.135. The molecule has 1 aliphatic heterocycles. The van der Waals surface area contributed by atoms with Crippen LogP contribution in [0.25, 0.3) is 0 Å². The van der Waals surface area contributed by atoms with Crippen LogP contribution in [0.3, 0.4) is 0 Å². The predicted octanol–water partition coefficient (Wildman–Crippen LogP) is -1.39. The average molecular weight is 443 g/mol. The van der Waals surface area contributed by atoms with Crippen LogP contribution in [0.15, 0.2) is 0 Å². The Hall–Kier alpha value is -2.69. The summed E-state index contributed by atoms with van der Waals surface area (Å²) in [6.07, 6.45) is 2.43. The molecule has 0 spiro atoms. The van der Waals surface area contributed by atoms with Crippen molar-refractivity contribution in [3.8, 4) is 0 Å². The number of rotatable bonds is 8. The Morgan fingerprint density at radius 1 is 0.806 bits per heavy atom. The molecule has 0 radical (unpaired) electrons. The number of likely N-dealkylation sites (N-methyl/N-ethyl adjacent to an activating group) is 1. The van der Waals surface area contributed by atoms with Crippen molar-refractivity contribution in [3.05, 3.63) is 0 Å². The number of hydrogen-bond donors (Lipinski definition) is 5. The van der Waals surface area contributed by atoms with Crippen LogP contribution >= 0.6 is 0 Å². The van der Waals surface area contributed by atoms with Gasteiger partial charge in [-0.15, -0.1) is 0 Å². The summed E-state index contributed by atoms with van der Waals surface area (Å²) in [5.74, 6) is -1.15. The van der Waals surface area contributed by atoms with Gasteiger partial charge in [-0.25, -0.2) is 0 Å². The van der Waals surface area contributed by atoms with Gasteiger partial charge in [0, 0.05) is 26.6 Å². The third-order valence-electron chi connectivity index (χ3n) is 4.65. The third kappa shape index (κ3) is 10.8. The summed E-state index contributed by atoms with van der Waals surface area (Å²) < 4.78 is 0. The van der Waals surface area contributed by atoms with E-state index >= 15 is 0 Å². The fraction of sp³-hybridized carbons (Fsp3) is 0.750. The molecule has 0 aromatic rings. The Bertz CT molecular complexity index is 634. The molecule has 1 saturated heterocycles. The number of amides is 5. The molecule has 31 heavy (non-hydrogen) atoms. The summed E-state index contributed by atoms with van der Waals surface area (Å²) in [5.41, 5.74) is 5.40. The van der Waals surface area contributed by atoms with E-state index in [9.17, 15) is 24.0 Å². The Morgan fingerprint density at radius 3 is 1.74 bits per heavy atom. The highest BCUT2D eigenvalue weighted by Gasteiger charge is 2.25. The fourth-order valence-electron chi connectivity index (χ4n) is 2.65. The van der Waals surface area contributed by atoms with E-state index in [1.165, 1.54) is 7.05 Å². The number of hydrogen-bond acceptors (Lipinski definition) is 6. The maximum Gasteiger partial charge on any atom is 0.244 e. The Labute approximate surface area is 184 Å². The minimum absolute atomic E-state index is 0.0125. The summed E-state index contributed by atoms with van der Waals surface area (Å²) >= 11 is 0. The first-order chi connectivity index (χ1) is 14.4. The van der Waals surface area contributed by atoms with Gasteiger partial charge in [0.25, 0.3) is 0 Å². The van der Waals surface area contributed by atoms with Gasteiger partial charge in [0.2, 0.25) is 29.5 Å². The minimum atomic E-state index is -0.639. The second kappa shape index (κ2) is 14.3. The topological polar surface area (TPSA) is 163 Å². The van der Waals surface area contributed by atoms with Crippen LogP contribution in [0.2, 0.25) is 0 Å². The highest BCUT2D eigenvalue weighted by atomic mass is 16.2. The molecule has 1 aliphatic rings. The molecule has 11 heteroatoms. The molecule has 1 rings (SSSR count). The number of likely N-dealkylation sites (tertiary alicyclic amines) is 1. The van der Waals surface area contributed by atoms with Crippen LogP contribution in [0, 0.1) is 0 Å². The first-order valence-corrected chi connectivity index (χ1v) is 10.6. The van der Waals surface area contributed by atoms with Gasteiger partial charge in [-0.1, -0.05) is 6.92 Å². The normalized spacial score (nSPS) is 16.5. The maximum absolute atomic E-state index is 11.8. The first-order valence-electron chi connectivity index (χ1n) is 10.6. The van der Waals surface area contributed by atoms with Gasteiger partial charge in [0.1, 0.15) is 18.1 Å². The van der Waals surface area contributed by atoms with Gasteiger partial charge in [-0.2, -0.15) is 0 Å². The van der Waals surface area contributed by atoms with Crippen molar-refractivity contribution in [1.82, 2.24) is 26.2 Å². The highest BCUT2D eigenvalue weighted by molar-refractivity contribution is 5.91. The van der Waals surface area contributed by atoms with E-state index in [-0.39, 0.29) is 29.5 Å². The lowest BCUT2D eigenvalue weighted by Gasteiger charge is -2.21. The second-order valence-corrected chi connectivity index (χ2v) is 7.54. The molecule has 0 bridgehead atoms. The zero-order valence-corrected chi connectivity index (χ0v) is 19.4. The predicted molar refractivity (Wildman–Crippen MR) is 117 cm³/mol. The molecular weight excluding hydrogens is 404 g/mol. The molecule has 4 unspecified atom stereocenters. The number of nitrogens with two attached hydrogens (primary N) is 1. The molecule has 0 aromatic carbocycles. The number of nitrogens with one attached hydrogen (secondary N) is 4. The molecule has 1 heterocycles. The fourth-order valence-corrected chi connectivity index (χ4v) is 2.65. The zero-order valence-electron chi connectivity index (χ0n) is 19.4. The summed E-state index contributed by atoms with van der Waals surface area (Å²) in [4.78, 5) is 58.5. The number of carbonyl (C=O) groups excluding carboxylic acids is 5. The van der Waals surface area contributed by atoms with Gasteiger partial charge >= 0.3 is 0 Å². The molecule has 0 aliphatic carbocycles. The van der Waals surface area contributed by atoms with Crippen molar-refractivity contribution in [1.29, 1.82) is 0 Å². The monoisotopic (exact) mass is 442 g/mol. The Morgan fingerprint density at radius 2 is 1.29 bits per heavy atom. The smallest absolute Gasteiger partial charge is 0.244 e. The van der Waals surface area contributed by atoms with E-state index in [0.717, 1.165) is 25.9 Å². The molecule has 5 amide bonds. The van der Waals surface area contributed by atoms with Gasteiger partial charge in [0.15, 0.2) is 0 Å². The van der Waals surface area contributed by atoms with E-state index in [1.54, 1.807) is 39.5 Å². The van der Waals surface area contributed by atoms with E-state index in [0.29, 0.717) is 6.42 Å². The summed E-state index contributed by atoms with van der Waals surface area (Å²) in [6.45, 7) is 9.75. The zero-order chi connectivity index (χ0) is 24.1. The van der Waals surface area contributed by atoms with Crippen molar-refractivity contribution in [2.45, 2.75) is 78.0 Å². The van der Waals surface area contributed by atoms with Crippen molar-refractivity contribution in [2.24, 2.45) is 5.73 Å². The molecule has 4 atom stereocenters. The molecule has 1 fully saturated rings. The minimum Gasteiger partial charge on any atom is -0.357 e. The van der Waals surface area contributed by atoms with Gasteiger partial charge < -0.3 is 31.9 Å². The lowest BCUT2D eigenvalue weighted by atomic mass is 10.2. The molecule has 0 aromatic heterocycles. The highest BCUT2D eigenvalue weighted by Crippen LogP contribution is 2.08. The lowest BCUT2D eigenvalue weighted by Crippen LogP contribution is -2.51. The molecule has 6 N–H and O–H groups in total. The van der Waals surface area contributed by atoms with Crippen LogP contribution in [-0.2, 0) is 24.0 Å². The average Bonchev–Trinajstić information content (AvgIpc) is 3.27. The quantitative estimate of drug-likeness (QED) is 0.311. The van der Waals surface area contributed by atoms with Gasteiger partial charge in [-0.3, -0.25) is 24.0 Å². The largest absolute Gasteiger partial charge is 0.357 e. The van der Waals surface area contributed by atoms with Crippen LogP contribution in [0.1, 0.15) is 53.9 Å². The number of carbonyl (C=O) groups is 5. The van der Waals surface area contributed by atoms with E-state index in [2.05, 4.69) is 21.3 Å². The third-order valence-corrected chi connectivity index (χ3v) is 4.65. The second-order valence-electron chi connectivity index (χ2n) is 7.54. The summed E-state index contributed by atoms with van der Waals surface area (Å²) in [6, 6.07) is -2.29. The van der Waals surface area contributed by atoms with Crippen molar-refractivity contribution in [3.63, 3.8) is 0 Å². The molecular formula is C20H38N6O5. The Balaban J connectivity index is 0.000000581. The van der Waals surface area contributed by atoms with Gasteiger partial charge in [-0.05, 0) is 40.5 Å². The van der Waals surface area contributed by atoms with Crippen LogP contribution < -0.4 is 27.0 Å². The van der Waals surface area contributed by atoms with Crippen LogP contribution in [-0.4, -0.2) is 78.7 Å². The van der Waals surface area contributed by atoms with Crippen molar-refractivity contribution >= 4 is 29.5 Å². The van der Waals surface area contributed by atoms with Crippen molar-refractivity contribution < 1.29 is 24.0 Å². The van der Waals surface area contributed by atoms with Gasteiger partial charge in [0.05, 0.1) is 6.04 Å². The first kappa shape index (κ1) is 28.3. The van der Waals surface area contributed by atoms with Crippen molar-refractivity contribution in [2.75, 3.05) is 20.1 Å². The van der Waals surface area contributed by atoms with E-state index in [4.69, 9.17) is 5.73 Å². The maximum atomic E-state index is 11.8. The molecule has 11 nitrogen and oxygen atoms in total. The van der Waals surface area contributed by atoms with Crippen LogP contribution in [0.5, 0.6) is 0 Å². The molecule has 178 valence electrons. The summed E-state index contributed by atoms with van der Waals surface area (Å²) in [5, 5.41) is 10.0. The summed E-state index contributed by atoms with van der Waals surface area (Å²) in [7, 11) is 1.49. The van der Waals surface area contributed by atoms with E-state index < -0.39 is 24.2 Å². The number of nitrogens with zero attached hydrogens (tertiary/aromatic N) is 1. The molecule has 0 saturated carbocycles.